The van der Waals surface area contributed by atoms with E-state index in [4.69, 9.17) is 10.5 Å². The molecule has 2 fully saturated rings. The maximum atomic E-state index is 15.2. The molecule has 2 heterocycles. The maximum absolute atomic E-state index is 15.2. The number of nitrogens with two attached hydrogens (primary N) is 1. The molecular formula is C20H25ClFN3O4. The van der Waals surface area contributed by atoms with Gasteiger partial charge in [-0.2, -0.15) is 0 Å². The largest absolute Gasteiger partial charge is 0.492 e. The molecule has 0 amide bonds. The first-order chi connectivity index (χ1) is 13.3. The number of hydrogen-bond acceptors (Lipinski definition) is 5. The fraction of sp³-hybridized carbons (Fsp3) is 0.500. The van der Waals surface area contributed by atoms with E-state index in [9.17, 15) is 14.7 Å². The number of carboxylic acids is 1. The third-order valence-electron chi connectivity index (χ3n) is 5.58. The summed E-state index contributed by atoms with van der Waals surface area (Å²) >= 11 is 0. The molecule has 1 saturated carbocycles. The van der Waals surface area contributed by atoms with Crippen molar-refractivity contribution in [1.29, 1.82) is 0 Å². The number of methoxy groups -OCH3 is 1. The Bertz CT molecular complexity index is 1010. The maximum Gasteiger partial charge on any atom is 0.341 e. The second-order valence-electron chi connectivity index (χ2n) is 7.96. The Morgan fingerprint density at radius 1 is 1.34 bits per heavy atom. The van der Waals surface area contributed by atoms with Gasteiger partial charge in [-0.15, -0.1) is 12.4 Å². The first-order valence-electron chi connectivity index (χ1n) is 9.51. The van der Waals surface area contributed by atoms with Gasteiger partial charge in [-0.3, -0.25) is 4.79 Å². The van der Waals surface area contributed by atoms with Gasteiger partial charge in [-0.25, -0.2) is 9.18 Å². The second-order valence-corrected chi connectivity index (χ2v) is 7.96. The molecule has 0 spiro atoms. The van der Waals surface area contributed by atoms with Crippen molar-refractivity contribution < 1.29 is 19.0 Å². The average Bonchev–Trinajstić information content (AvgIpc) is 3.45. The molecule has 29 heavy (non-hydrogen) atoms. The van der Waals surface area contributed by atoms with E-state index in [1.54, 1.807) is 4.57 Å². The lowest BCUT2D eigenvalue weighted by Gasteiger charge is -2.37. The number of halogens is 2. The van der Waals surface area contributed by atoms with E-state index >= 15 is 4.39 Å². The summed E-state index contributed by atoms with van der Waals surface area (Å²) in [7, 11) is 1.44. The molecule has 3 N–H and O–H groups in total. The zero-order valence-electron chi connectivity index (χ0n) is 16.4. The summed E-state index contributed by atoms with van der Waals surface area (Å²) in [6, 6.07) is 1.14. The number of aromatic carboxylic acids is 1. The zero-order valence-corrected chi connectivity index (χ0v) is 17.2. The van der Waals surface area contributed by atoms with E-state index in [2.05, 4.69) is 6.92 Å². The molecule has 1 aliphatic carbocycles. The minimum Gasteiger partial charge on any atom is -0.492 e. The van der Waals surface area contributed by atoms with Crippen LogP contribution in [-0.2, 0) is 0 Å². The highest BCUT2D eigenvalue weighted by Gasteiger charge is 2.33. The highest BCUT2D eigenvalue weighted by molar-refractivity contribution is 5.97. The molecule has 0 bridgehead atoms. The van der Waals surface area contributed by atoms with E-state index in [0.717, 1.165) is 25.3 Å². The summed E-state index contributed by atoms with van der Waals surface area (Å²) < 4.78 is 22.6. The minimum atomic E-state index is -1.32. The number of carbonyl (C=O) groups is 1. The number of rotatable bonds is 4. The normalized spacial score (nSPS) is 21.7. The summed E-state index contributed by atoms with van der Waals surface area (Å²) in [5, 5.41) is 9.43. The van der Waals surface area contributed by atoms with Gasteiger partial charge in [-0.1, -0.05) is 6.92 Å². The molecule has 158 valence electrons. The Morgan fingerprint density at radius 3 is 2.59 bits per heavy atom. The molecule has 2 aromatic rings. The average molecular weight is 426 g/mol. The van der Waals surface area contributed by atoms with Crippen LogP contribution < -0.4 is 20.8 Å². The standard InChI is InChI=1S/C20H24FN3O4.ClH/c1-10-5-11(22)8-23(7-10)17-15(21)6-13-16(19(17)28-2)24(12-3-4-12)9-14(18(13)25)20(26)27;/h6,9-12H,3-5,7-8,22H2,1-2H3,(H,26,27);1H/t10-,11-;/m0./s1. The third-order valence-corrected chi connectivity index (χ3v) is 5.58. The van der Waals surface area contributed by atoms with Crippen molar-refractivity contribution >= 4 is 35.0 Å². The second kappa shape index (κ2) is 7.84. The van der Waals surface area contributed by atoms with Crippen LogP contribution in [0.3, 0.4) is 0 Å². The summed E-state index contributed by atoms with van der Waals surface area (Å²) in [5.74, 6) is -1.37. The van der Waals surface area contributed by atoms with Crippen LogP contribution in [-0.4, -0.2) is 41.9 Å². The SMILES string of the molecule is COc1c(N2C[C@@H](C)C[C@H](N)C2)c(F)cc2c(=O)c(C(=O)O)cn(C3CC3)c12.Cl. The van der Waals surface area contributed by atoms with Gasteiger partial charge < -0.3 is 25.0 Å². The summed E-state index contributed by atoms with van der Waals surface area (Å²) in [6.45, 7) is 3.19. The first kappa shape index (κ1) is 21.4. The molecule has 1 aromatic carbocycles. The smallest absolute Gasteiger partial charge is 0.341 e. The van der Waals surface area contributed by atoms with Crippen LogP contribution in [0.15, 0.2) is 17.1 Å². The zero-order chi connectivity index (χ0) is 20.2. The van der Waals surface area contributed by atoms with E-state index < -0.39 is 17.2 Å². The molecule has 0 radical (unpaired) electrons. The molecule has 7 nitrogen and oxygen atoms in total. The number of ether oxygens (including phenoxy) is 1. The molecule has 9 heteroatoms. The van der Waals surface area contributed by atoms with Crippen molar-refractivity contribution in [2.75, 3.05) is 25.1 Å². The van der Waals surface area contributed by atoms with Crippen molar-refractivity contribution in [1.82, 2.24) is 4.57 Å². The van der Waals surface area contributed by atoms with Gasteiger partial charge in [0.05, 0.1) is 18.0 Å². The molecule has 2 atom stereocenters. The summed E-state index contributed by atoms with van der Waals surface area (Å²) in [5.41, 5.74) is 5.82. The van der Waals surface area contributed by atoms with Crippen molar-refractivity contribution in [3.05, 3.63) is 33.9 Å². The van der Waals surface area contributed by atoms with Gasteiger partial charge in [0.2, 0.25) is 5.43 Å². The van der Waals surface area contributed by atoms with Crippen LogP contribution in [0.1, 0.15) is 42.6 Å². The van der Waals surface area contributed by atoms with E-state index in [-0.39, 0.29) is 46.9 Å². The van der Waals surface area contributed by atoms with Crippen LogP contribution in [0.25, 0.3) is 10.9 Å². The van der Waals surface area contributed by atoms with Crippen LogP contribution in [0.2, 0.25) is 0 Å². The highest BCUT2D eigenvalue weighted by Crippen LogP contribution is 2.44. The molecule has 0 unspecified atom stereocenters. The van der Waals surface area contributed by atoms with Crippen molar-refractivity contribution in [2.45, 2.75) is 38.3 Å². The van der Waals surface area contributed by atoms with Crippen molar-refractivity contribution in [3.63, 3.8) is 0 Å². The quantitative estimate of drug-likeness (QED) is 0.781. The Balaban J connectivity index is 0.00000240. The monoisotopic (exact) mass is 425 g/mol. The Morgan fingerprint density at radius 2 is 2.03 bits per heavy atom. The number of anilines is 1. The van der Waals surface area contributed by atoms with Gasteiger partial charge in [-0.05, 0) is 31.2 Å². The predicted molar refractivity (Wildman–Crippen MR) is 111 cm³/mol. The number of pyridine rings is 1. The first-order valence-corrected chi connectivity index (χ1v) is 9.51. The lowest BCUT2D eigenvalue weighted by molar-refractivity contribution is 0.0695. The number of carboxylic acid groups (broad SMARTS) is 1. The number of piperidine rings is 1. The Hall–Kier alpha value is -2.32. The van der Waals surface area contributed by atoms with Crippen LogP contribution in [0, 0.1) is 11.7 Å². The molecule has 1 aliphatic heterocycles. The van der Waals surface area contributed by atoms with Crippen molar-refractivity contribution in [3.8, 4) is 5.75 Å². The van der Waals surface area contributed by atoms with Crippen LogP contribution in [0.4, 0.5) is 10.1 Å². The van der Waals surface area contributed by atoms with Gasteiger partial charge >= 0.3 is 5.97 Å². The third kappa shape index (κ3) is 3.67. The van der Waals surface area contributed by atoms with Crippen LogP contribution >= 0.6 is 12.4 Å². The number of hydrogen-bond donors (Lipinski definition) is 2. The van der Waals surface area contributed by atoms with E-state index in [0.29, 0.717) is 24.5 Å². The topological polar surface area (TPSA) is 97.8 Å². The lowest BCUT2D eigenvalue weighted by atomic mass is 9.95. The summed E-state index contributed by atoms with van der Waals surface area (Å²) in [6.07, 6.45) is 3.97. The van der Waals surface area contributed by atoms with Gasteiger partial charge in [0.15, 0.2) is 11.6 Å². The Labute approximate surface area is 173 Å². The lowest BCUT2D eigenvalue weighted by Crippen LogP contribution is -2.46. The highest BCUT2D eigenvalue weighted by atomic mass is 35.5. The predicted octanol–water partition coefficient (Wildman–Crippen LogP) is 2.78. The number of aromatic nitrogens is 1. The molecule has 4 rings (SSSR count). The van der Waals surface area contributed by atoms with Crippen LogP contribution in [0.5, 0.6) is 5.75 Å². The molecule has 1 saturated heterocycles. The fourth-order valence-electron chi connectivity index (χ4n) is 4.31. The molecule has 2 aliphatic rings. The summed E-state index contributed by atoms with van der Waals surface area (Å²) in [4.78, 5) is 26.1. The fourth-order valence-corrected chi connectivity index (χ4v) is 4.31. The number of fused-ring (bicyclic) bond motifs is 1. The molecular weight excluding hydrogens is 401 g/mol. The molecule has 1 aromatic heterocycles. The number of benzene rings is 1. The minimum absolute atomic E-state index is 0. The number of nitrogens with zero attached hydrogens (tertiary/aromatic N) is 2. The van der Waals surface area contributed by atoms with Gasteiger partial charge in [0.1, 0.15) is 11.3 Å². The van der Waals surface area contributed by atoms with Crippen molar-refractivity contribution in [2.24, 2.45) is 11.7 Å². The van der Waals surface area contributed by atoms with E-state index in [1.165, 1.54) is 13.3 Å². The van der Waals surface area contributed by atoms with E-state index in [1.807, 2.05) is 4.90 Å². The Kier molecular flexibility index (Phi) is 5.78. The van der Waals surface area contributed by atoms with Gasteiger partial charge in [0, 0.05) is 31.4 Å². The van der Waals surface area contributed by atoms with Gasteiger partial charge in [0.25, 0.3) is 0 Å².